The van der Waals surface area contributed by atoms with Gasteiger partial charge in [-0.05, 0) is 0 Å². The molecule has 0 rings (SSSR count). The molecule has 0 amide bonds. The molecule has 2 unspecified atom stereocenters. The maximum absolute atomic E-state index is 7.58. The van der Waals surface area contributed by atoms with Crippen molar-refractivity contribution < 1.29 is 14.8 Å². The van der Waals surface area contributed by atoms with E-state index in [1.807, 2.05) is 22.8 Å². The van der Waals surface area contributed by atoms with Gasteiger partial charge in [-0.25, -0.2) is 0 Å². The summed E-state index contributed by atoms with van der Waals surface area (Å²) in [6.07, 6.45) is 46.2. The monoisotopic (exact) mass is 1050 g/mol. The van der Waals surface area contributed by atoms with Gasteiger partial charge in [0.15, 0.2) is 0 Å². The molecular weight excluding hydrogens is 949 g/mol. The van der Waals surface area contributed by atoms with Crippen LogP contribution in [0.5, 0.6) is 0 Å². The molecule has 0 aromatic heterocycles. The van der Waals surface area contributed by atoms with Gasteiger partial charge in [-0.1, -0.05) is 27.7 Å². The van der Waals surface area contributed by atoms with E-state index in [1.165, 1.54) is 193 Å². The minimum atomic E-state index is -3.92. The third-order valence-electron chi connectivity index (χ3n) is 11.4. The Kier molecular flexibility index (Phi) is 47.8. The summed E-state index contributed by atoms with van der Waals surface area (Å²) < 4.78 is 30.9. The predicted octanol–water partition coefficient (Wildman–Crippen LogP) is 20.6. The van der Waals surface area contributed by atoms with E-state index in [-0.39, 0.29) is 0 Å². The molecule has 0 saturated heterocycles. The van der Waals surface area contributed by atoms with Crippen LogP contribution in [-0.2, 0) is 38.4 Å². The molecule has 59 heavy (non-hydrogen) atoms. The van der Waals surface area contributed by atoms with Gasteiger partial charge in [-0.2, -0.15) is 0 Å². The van der Waals surface area contributed by atoms with Gasteiger partial charge >= 0.3 is 370 Å². The van der Waals surface area contributed by atoms with Crippen molar-refractivity contribution in [3.8, 4) is 0 Å². The Bertz CT molecular complexity index is 840. The second-order valence-electron chi connectivity index (χ2n) is 17.4. The van der Waals surface area contributed by atoms with E-state index in [2.05, 4.69) is 41.5 Å². The molecule has 2 atom stereocenters. The number of unbranched alkanes of at least 4 members (excludes halogenated alkanes) is 30. The van der Waals surface area contributed by atoms with Gasteiger partial charge in [0, 0.05) is 0 Å². The molecule has 0 fully saturated rings. The Morgan fingerprint density at radius 1 is 0.322 bits per heavy atom. The summed E-state index contributed by atoms with van der Waals surface area (Å²) in [5.74, 6) is 2.03. The molecule has 11 heteroatoms. The Morgan fingerprint density at radius 2 is 0.559 bits per heavy atom. The van der Waals surface area contributed by atoms with Crippen LogP contribution in [0.25, 0.3) is 0 Å². The van der Waals surface area contributed by atoms with E-state index in [9.17, 15) is 0 Å². The first kappa shape index (κ1) is 61.6. The Labute approximate surface area is 394 Å². The third-order valence-corrected chi connectivity index (χ3v) is 43.1. The predicted molar refractivity (Wildman–Crippen MR) is 283 cm³/mol. The minimum Gasteiger partial charge on any atom is -0.0654 e. The van der Waals surface area contributed by atoms with Gasteiger partial charge in [-0.3, -0.25) is 0 Å². The fraction of sp³-hybridized carbons (Fsp3) is 1.00. The second kappa shape index (κ2) is 45.8. The third kappa shape index (κ3) is 39.5. The molecule has 356 valence electrons. The van der Waals surface area contributed by atoms with Crippen molar-refractivity contribution in [1.82, 2.24) is 0 Å². The number of hydrogen-bond donors (Lipinski definition) is 0. The molecule has 0 spiro atoms. The van der Waals surface area contributed by atoms with E-state index in [0.29, 0.717) is 13.2 Å². The van der Waals surface area contributed by atoms with Gasteiger partial charge in [0.25, 0.3) is 0 Å². The van der Waals surface area contributed by atoms with Gasteiger partial charge in [0.1, 0.15) is 0 Å². The van der Waals surface area contributed by atoms with Crippen molar-refractivity contribution in [3.63, 3.8) is 0 Å². The number of rotatable bonds is 50. The van der Waals surface area contributed by atoms with Gasteiger partial charge in [0.05, 0.1) is 0 Å². The Morgan fingerprint density at radius 3 is 0.831 bits per heavy atom. The van der Waals surface area contributed by atoms with Crippen molar-refractivity contribution >= 4 is 77.0 Å². The van der Waals surface area contributed by atoms with Crippen LogP contribution in [0.4, 0.5) is 0 Å². The summed E-state index contributed by atoms with van der Waals surface area (Å²) in [5, 5.41) is 0. The molecule has 0 heterocycles. The van der Waals surface area contributed by atoms with Crippen LogP contribution in [-0.4, -0.2) is 43.9 Å². The first-order valence-corrected chi connectivity index (χ1v) is 40.8. The second-order valence-corrected chi connectivity index (χ2v) is 41.3. The van der Waals surface area contributed by atoms with Gasteiger partial charge < -0.3 is 0 Å². The van der Waals surface area contributed by atoms with Crippen LogP contribution in [0.15, 0.2) is 0 Å². The van der Waals surface area contributed by atoms with Crippen LogP contribution in [0.2, 0.25) is 8.87 Å². The van der Waals surface area contributed by atoms with Crippen molar-refractivity contribution in [3.05, 3.63) is 0 Å². The SMILES string of the molecule is CCCCCCCCCCOP(=S)([O][Sn]([CH2]CCC)([CH2]CCC)[O]P(=S)(OCCCCCCCCCC)SCCCCCCCCCC)SCCCCCCCCCC. The fourth-order valence-corrected chi connectivity index (χ4v) is 47.4. The minimum absolute atomic E-state index is 0.705. The van der Waals surface area contributed by atoms with E-state index >= 15 is 0 Å². The molecule has 0 bridgehead atoms. The molecule has 0 aromatic rings. The van der Waals surface area contributed by atoms with E-state index < -0.39 is 30.6 Å². The molecule has 4 nitrogen and oxygen atoms in total. The molecule has 0 aliphatic rings. The van der Waals surface area contributed by atoms with Gasteiger partial charge in [0.2, 0.25) is 0 Å². The fourth-order valence-electron chi connectivity index (χ4n) is 7.45. The summed E-state index contributed by atoms with van der Waals surface area (Å²) in [7, 11) is 0. The molecule has 0 saturated carbocycles. The van der Waals surface area contributed by atoms with Crippen LogP contribution in [0.1, 0.15) is 273 Å². The van der Waals surface area contributed by atoms with Crippen LogP contribution >= 0.6 is 34.2 Å². The van der Waals surface area contributed by atoms with Crippen molar-refractivity contribution in [1.29, 1.82) is 0 Å². The summed E-state index contributed by atoms with van der Waals surface area (Å²) in [4.78, 5) is 0. The molecule has 0 aliphatic carbocycles. The first-order chi connectivity index (χ1) is 28.8. The normalized spacial score (nSPS) is 14.2. The molecule has 0 aliphatic heterocycles. The average Bonchev–Trinajstić information content (AvgIpc) is 3.22. The average molecular weight is 1050 g/mol. The van der Waals surface area contributed by atoms with Crippen molar-refractivity contribution in [2.24, 2.45) is 0 Å². The Hall–Kier alpha value is 2.64. The van der Waals surface area contributed by atoms with Crippen molar-refractivity contribution in [2.75, 3.05) is 24.7 Å². The number of hydrogen-bond acceptors (Lipinski definition) is 8. The summed E-state index contributed by atoms with van der Waals surface area (Å²) in [5.41, 5.74) is -5.26. The van der Waals surface area contributed by atoms with E-state index in [0.717, 1.165) is 58.9 Å². The molecule has 0 N–H and O–H groups in total. The van der Waals surface area contributed by atoms with Crippen LogP contribution in [0, 0.1) is 0 Å². The summed E-state index contributed by atoms with van der Waals surface area (Å²) in [6.45, 7) is 15.2. The standard InChI is InChI=1S/2C20H43O2PS2.2C4H9.Sn/c2*1-3-5-7-9-11-13-15-17-19-22-23(21,24)25-20-18-16-14-12-10-8-6-4-2;2*1-3-4-2;/h2*3-20H2,1-2H3,(H,21,24);2*1,3-4H2,2H3;/q;;;;+2/p-2. The topological polar surface area (TPSA) is 36.9 Å². The maximum atomic E-state index is 7.58. The van der Waals surface area contributed by atoms with E-state index in [1.54, 1.807) is 0 Å². The zero-order valence-electron chi connectivity index (χ0n) is 40.4. The van der Waals surface area contributed by atoms with Crippen LogP contribution < -0.4 is 0 Å². The first-order valence-electron chi connectivity index (χ1n) is 26.0. The molecule has 0 aromatic carbocycles. The Balaban J connectivity index is 6.04. The molecule has 0 radical (unpaired) electrons. The quantitative estimate of drug-likeness (QED) is 0.0339. The van der Waals surface area contributed by atoms with Crippen LogP contribution in [0.3, 0.4) is 0 Å². The summed E-state index contributed by atoms with van der Waals surface area (Å²) >= 11 is 13.0. The summed E-state index contributed by atoms with van der Waals surface area (Å²) in [6, 6.07) is 0. The van der Waals surface area contributed by atoms with Crippen molar-refractivity contribution in [2.45, 2.75) is 282 Å². The zero-order chi connectivity index (χ0) is 43.4. The smallest absolute Gasteiger partial charge is 0.0654 e. The molecular formula is C48H102O4P2S4Sn. The van der Waals surface area contributed by atoms with Gasteiger partial charge in [-0.15, -0.1) is 0 Å². The zero-order valence-corrected chi connectivity index (χ0v) is 48.3. The van der Waals surface area contributed by atoms with E-state index in [4.69, 9.17) is 38.4 Å².